The highest BCUT2D eigenvalue weighted by molar-refractivity contribution is 7.09. The monoisotopic (exact) mass is 282 g/mol. The lowest BCUT2D eigenvalue weighted by atomic mass is 10.0. The lowest BCUT2D eigenvalue weighted by molar-refractivity contribution is 0.0880. The molecule has 2 atom stereocenters. The number of nitrogens with zero attached hydrogens (tertiary/aromatic N) is 3. The van der Waals surface area contributed by atoms with Gasteiger partial charge in [0.25, 0.3) is 0 Å². The second-order valence-electron chi connectivity index (χ2n) is 5.56. The van der Waals surface area contributed by atoms with Gasteiger partial charge in [0.15, 0.2) is 0 Å². The molecule has 0 amide bonds. The van der Waals surface area contributed by atoms with E-state index in [0.717, 1.165) is 31.7 Å². The molecule has 0 aliphatic carbocycles. The second kappa shape index (κ2) is 6.79. The molecule has 5 heteroatoms. The van der Waals surface area contributed by atoms with Crippen LogP contribution in [0.2, 0.25) is 0 Å². The highest BCUT2D eigenvalue weighted by Gasteiger charge is 2.29. The Bertz CT molecular complexity index is 393. The van der Waals surface area contributed by atoms with Gasteiger partial charge < -0.3 is 10.2 Å². The minimum atomic E-state index is 0.489. The molecule has 1 aromatic heterocycles. The summed E-state index contributed by atoms with van der Waals surface area (Å²) in [7, 11) is 4.46. The van der Waals surface area contributed by atoms with Crippen LogP contribution in [0.1, 0.15) is 17.6 Å². The summed E-state index contributed by atoms with van der Waals surface area (Å²) in [5, 5.41) is 7.06. The van der Waals surface area contributed by atoms with Gasteiger partial charge in [0.2, 0.25) is 0 Å². The average Bonchev–Trinajstić information content (AvgIpc) is 2.77. The molecule has 2 unspecified atom stereocenters. The standard InChI is InChI=1S/C14H26N4S/c1-5-15-12(8-14-16-11(2)10-19-14)13-9-17(3)6-7-18(13)4/h10,12-13,15H,5-9H2,1-4H3. The van der Waals surface area contributed by atoms with Crippen molar-refractivity contribution in [3.05, 3.63) is 16.1 Å². The zero-order valence-corrected chi connectivity index (χ0v) is 13.3. The Morgan fingerprint density at radius 3 is 2.89 bits per heavy atom. The molecular formula is C14H26N4S. The third-order valence-corrected chi connectivity index (χ3v) is 4.88. The number of hydrogen-bond acceptors (Lipinski definition) is 5. The first-order valence-electron chi connectivity index (χ1n) is 7.13. The van der Waals surface area contributed by atoms with Crippen molar-refractivity contribution in [2.45, 2.75) is 32.4 Å². The minimum absolute atomic E-state index is 0.489. The van der Waals surface area contributed by atoms with Crippen LogP contribution in [0.15, 0.2) is 5.38 Å². The predicted molar refractivity (Wildman–Crippen MR) is 81.9 cm³/mol. The van der Waals surface area contributed by atoms with E-state index in [4.69, 9.17) is 0 Å². The zero-order chi connectivity index (χ0) is 13.8. The number of likely N-dealkylation sites (N-methyl/N-ethyl adjacent to an activating group) is 3. The molecule has 1 aliphatic heterocycles. The normalized spacial score (nSPS) is 23.7. The molecule has 0 aromatic carbocycles. The third kappa shape index (κ3) is 3.99. The smallest absolute Gasteiger partial charge is 0.0944 e. The van der Waals surface area contributed by atoms with E-state index in [1.807, 2.05) is 0 Å². The highest BCUT2D eigenvalue weighted by Crippen LogP contribution is 2.17. The van der Waals surface area contributed by atoms with Crippen molar-refractivity contribution in [1.29, 1.82) is 0 Å². The summed E-state index contributed by atoms with van der Waals surface area (Å²) in [6.07, 6.45) is 1.04. The molecule has 4 nitrogen and oxygen atoms in total. The van der Waals surface area contributed by atoms with Crippen LogP contribution in [0.4, 0.5) is 0 Å². The van der Waals surface area contributed by atoms with Gasteiger partial charge in [-0.15, -0.1) is 11.3 Å². The van der Waals surface area contributed by atoms with Crippen molar-refractivity contribution < 1.29 is 0 Å². The first-order chi connectivity index (χ1) is 9.10. The number of hydrogen-bond donors (Lipinski definition) is 1. The maximum Gasteiger partial charge on any atom is 0.0944 e. The minimum Gasteiger partial charge on any atom is -0.312 e. The maximum atomic E-state index is 4.62. The third-order valence-electron chi connectivity index (χ3n) is 3.89. The Morgan fingerprint density at radius 1 is 1.47 bits per heavy atom. The maximum absolute atomic E-state index is 4.62. The van der Waals surface area contributed by atoms with E-state index in [1.165, 1.54) is 11.6 Å². The number of piperazine rings is 1. The molecule has 1 aromatic rings. The Morgan fingerprint density at radius 2 is 2.26 bits per heavy atom. The molecule has 0 saturated carbocycles. The fraction of sp³-hybridized carbons (Fsp3) is 0.786. The van der Waals surface area contributed by atoms with Crippen molar-refractivity contribution in [3.8, 4) is 0 Å². The number of rotatable bonds is 5. The van der Waals surface area contributed by atoms with Crippen molar-refractivity contribution >= 4 is 11.3 Å². The van der Waals surface area contributed by atoms with Gasteiger partial charge in [0.05, 0.1) is 5.01 Å². The fourth-order valence-corrected chi connectivity index (χ4v) is 3.60. The molecule has 108 valence electrons. The van der Waals surface area contributed by atoms with Gasteiger partial charge in [-0.1, -0.05) is 6.92 Å². The molecule has 19 heavy (non-hydrogen) atoms. The molecule has 0 radical (unpaired) electrons. The van der Waals surface area contributed by atoms with Gasteiger partial charge in [0, 0.05) is 49.2 Å². The van der Waals surface area contributed by atoms with Gasteiger partial charge in [-0.05, 0) is 27.6 Å². The number of aromatic nitrogens is 1. The Balaban J connectivity index is 2.05. The Kier molecular flexibility index (Phi) is 5.33. The SMILES string of the molecule is CCNC(Cc1nc(C)cs1)C1CN(C)CCN1C. The Hall–Kier alpha value is -0.490. The van der Waals surface area contributed by atoms with E-state index in [9.17, 15) is 0 Å². The van der Waals surface area contributed by atoms with E-state index in [1.54, 1.807) is 11.3 Å². The molecule has 1 fully saturated rings. The van der Waals surface area contributed by atoms with Crippen molar-refractivity contribution in [1.82, 2.24) is 20.1 Å². The average molecular weight is 282 g/mol. The van der Waals surface area contributed by atoms with Crippen LogP contribution in [0.3, 0.4) is 0 Å². The Labute approximate surface area is 120 Å². The summed E-state index contributed by atoms with van der Waals surface area (Å²) in [5.41, 5.74) is 1.14. The summed E-state index contributed by atoms with van der Waals surface area (Å²) in [5.74, 6) is 0. The number of thiazole rings is 1. The van der Waals surface area contributed by atoms with Crippen LogP contribution in [0, 0.1) is 6.92 Å². The van der Waals surface area contributed by atoms with Gasteiger partial charge >= 0.3 is 0 Å². The van der Waals surface area contributed by atoms with Gasteiger partial charge in [-0.3, -0.25) is 4.90 Å². The molecular weight excluding hydrogens is 256 g/mol. The second-order valence-corrected chi connectivity index (χ2v) is 6.50. The van der Waals surface area contributed by atoms with Gasteiger partial charge in [-0.25, -0.2) is 4.98 Å². The summed E-state index contributed by atoms with van der Waals surface area (Å²) in [4.78, 5) is 9.54. The van der Waals surface area contributed by atoms with E-state index in [0.29, 0.717) is 12.1 Å². The van der Waals surface area contributed by atoms with Crippen LogP contribution < -0.4 is 5.32 Å². The van der Waals surface area contributed by atoms with Crippen LogP contribution in [0.25, 0.3) is 0 Å². The fourth-order valence-electron chi connectivity index (χ4n) is 2.77. The topological polar surface area (TPSA) is 31.4 Å². The lowest BCUT2D eigenvalue weighted by Crippen LogP contribution is -2.59. The zero-order valence-electron chi connectivity index (χ0n) is 12.5. The number of nitrogens with one attached hydrogen (secondary N) is 1. The van der Waals surface area contributed by atoms with Gasteiger partial charge in [-0.2, -0.15) is 0 Å². The molecule has 0 bridgehead atoms. The van der Waals surface area contributed by atoms with Crippen LogP contribution in [0.5, 0.6) is 0 Å². The predicted octanol–water partition coefficient (Wildman–Crippen LogP) is 1.22. The summed E-state index contributed by atoms with van der Waals surface area (Å²) in [6, 6.07) is 1.06. The van der Waals surface area contributed by atoms with Crippen LogP contribution in [-0.2, 0) is 6.42 Å². The molecule has 1 aliphatic rings. The van der Waals surface area contributed by atoms with Gasteiger partial charge in [0.1, 0.15) is 0 Å². The molecule has 1 saturated heterocycles. The first kappa shape index (κ1) is 14.9. The van der Waals surface area contributed by atoms with Crippen molar-refractivity contribution in [2.75, 3.05) is 40.3 Å². The largest absolute Gasteiger partial charge is 0.312 e. The highest BCUT2D eigenvalue weighted by atomic mass is 32.1. The van der Waals surface area contributed by atoms with Crippen molar-refractivity contribution in [2.24, 2.45) is 0 Å². The van der Waals surface area contributed by atoms with E-state index >= 15 is 0 Å². The quantitative estimate of drug-likeness (QED) is 0.880. The van der Waals surface area contributed by atoms with Crippen molar-refractivity contribution in [3.63, 3.8) is 0 Å². The van der Waals surface area contributed by atoms with Crippen LogP contribution >= 0.6 is 11.3 Å². The van der Waals surface area contributed by atoms with E-state index < -0.39 is 0 Å². The molecule has 2 rings (SSSR count). The molecule has 0 spiro atoms. The first-order valence-corrected chi connectivity index (χ1v) is 8.01. The molecule has 2 heterocycles. The number of aryl methyl sites for hydroxylation is 1. The summed E-state index contributed by atoms with van der Waals surface area (Å²) < 4.78 is 0. The molecule has 1 N–H and O–H groups in total. The van der Waals surface area contributed by atoms with E-state index in [2.05, 4.69) is 53.4 Å². The summed E-state index contributed by atoms with van der Waals surface area (Å²) >= 11 is 1.79. The lowest BCUT2D eigenvalue weighted by Gasteiger charge is -2.42. The summed E-state index contributed by atoms with van der Waals surface area (Å²) in [6.45, 7) is 8.74. The van der Waals surface area contributed by atoms with E-state index in [-0.39, 0.29) is 0 Å². The van der Waals surface area contributed by atoms with Crippen LogP contribution in [-0.4, -0.2) is 67.1 Å².